The molecule has 3 nitrogen and oxygen atoms in total. The summed E-state index contributed by atoms with van der Waals surface area (Å²) < 4.78 is 27.6. The van der Waals surface area contributed by atoms with Crippen molar-refractivity contribution in [3.05, 3.63) is 71.9 Å². The first-order valence-electron chi connectivity index (χ1n) is 10.1. The Morgan fingerprint density at radius 1 is 1.07 bits per heavy atom. The van der Waals surface area contributed by atoms with Crippen LogP contribution in [0.25, 0.3) is 10.9 Å². The molecule has 0 radical (unpaired) electrons. The van der Waals surface area contributed by atoms with Crippen LogP contribution in [0, 0.1) is 23.5 Å². The fourth-order valence-electron chi connectivity index (χ4n) is 4.45. The highest BCUT2D eigenvalue weighted by Crippen LogP contribution is 2.41. The van der Waals surface area contributed by atoms with Gasteiger partial charge in [-0.15, -0.1) is 0 Å². The highest BCUT2D eigenvalue weighted by atomic mass is 19.1. The van der Waals surface area contributed by atoms with Gasteiger partial charge in [0.2, 0.25) is 5.91 Å². The van der Waals surface area contributed by atoms with E-state index in [0.717, 1.165) is 42.1 Å². The summed E-state index contributed by atoms with van der Waals surface area (Å²) in [5.41, 5.74) is 2.17. The number of nitrogens with zero attached hydrogens (tertiary/aromatic N) is 1. The molecule has 1 aliphatic carbocycles. The smallest absolute Gasteiger partial charge is 0.227 e. The SMILES string of the molecule is C[C@@H](C(=O)Nc1ccccc1F)C1CCC(c2ccnc3ccc(F)cc23)CC1. The monoisotopic (exact) mass is 394 g/mol. The number of fused-ring (bicyclic) bond motifs is 1. The van der Waals surface area contributed by atoms with Crippen molar-refractivity contribution in [2.75, 3.05) is 5.32 Å². The van der Waals surface area contributed by atoms with Crippen molar-refractivity contribution >= 4 is 22.5 Å². The minimum Gasteiger partial charge on any atom is -0.323 e. The van der Waals surface area contributed by atoms with E-state index in [1.807, 2.05) is 13.0 Å². The maximum absolute atomic E-state index is 13.8. The Hall–Kier alpha value is -2.82. The van der Waals surface area contributed by atoms with Crippen LogP contribution in [0.5, 0.6) is 0 Å². The van der Waals surface area contributed by atoms with Crippen LogP contribution < -0.4 is 5.32 Å². The van der Waals surface area contributed by atoms with Crippen LogP contribution in [-0.2, 0) is 4.79 Å². The Morgan fingerprint density at radius 3 is 2.59 bits per heavy atom. The van der Waals surface area contributed by atoms with Crippen molar-refractivity contribution < 1.29 is 13.6 Å². The molecule has 0 unspecified atom stereocenters. The molecule has 1 atom stereocenters. The Kier molecular flexibility index (Phi) is 5.56. The number of anilines is 1. The lowest BCUT2D eigenvalue weighted by molar-refractivity contribution is -0.121. The summed E-state index contributed by atoms with van der Waals surface area (Å²) in [6.07, 6.45) is 5.49. The van der Waals surface area contributed by atoms with Gasteiger partial charge in [0, 0.05) is 17.5 Å². The molecule has 1 aliphatic rings. The first-order valence-corrected chi connectivity index (χ1v) is 10.1. The summed E-state index contributed by atoms with van der Waals surface area (Å²) in [5, 5.41) is 3.59. The van der Waals surface area contributed by atoms with Crippen LogP contribution in [0.4, 0.5) is 14.5 Å². The Labute approximate surface area is 169 Å². The molecular formula is C24H24F2N2O. The van der Waals surface area contributed by atoms with Crippen LogP contribution in [0.1, 0.15) is 44.1 Å². The van der Waals surface area contributed by atoms with Crippen molar-refractivity contribution in [2.45, 2.75) is 38.5 Å². The molecule has 1 amide bonds. The number of amides is 1. The van der Waals surface area contributed by atoms with Crippen molar-refractivity contribution in [2.24, 2.45) is 11.8 Å². The summed E-state index contributed by atoms with van der Waals surface area (Å²) in [5.74, 6) is -0.423. The van der Waals surface area contributed by atoms with E-state index >= 15 is 0 Å². The average molecular weight is 394 g/mol. The Morgan fingerprint density at radius 2 is 1.83 bits per heavy atom. The van der Waals surface area contributed by atoms with Gasteiger partial charge in [-0.05, 0) is 79.5 Å². The number of rotatable bonds is 4. The number of benzene rings is 2. The summed E-state index contributed by atoms with van der Waals surface area (Å²) in [7, 11) is 0. The maximum Gasteiger partial charge on any atom is 0.227 e. The van der Waals surface area contributed by atoms with Crippen LogP contribution in [0.2, 0.25) is 0 Å². The quantitative estimate of drug-likeness (QED) is 0.584. The molecule has 0 spiro atoms. The van der Waals surface area contributed by atoms with Gasteiger partial charge in [0.05, 0.1) is 11.2 Å². The highest BCUT2D eigenvalue weighted by molar-refractivity contribution is 5.92. The highest BCUT2D eigenvalue weighted by Gasteiger charge is 2.30. The summed E-state index contributed by atoms with van der Waals surface area (Å²) >= 11 is 0. The fraction of sp³-hybridized carbons (Fsp3) is 0.333. The Bertz CT molecular complexity index is 1030. The molecule has 0 bridgehead atoms. The second-order valence-electron chi connectivity index (χ2n) is 7.93. The molecule has 1 fully saturated rings. The molecule has 3 aromatic rings. The first-order chi connectivity index (χ1) is 14.0. The molecule has 150 valence electrons. The van der Waals surface area contributed by atoms with Gasteiger partial charge in [-0.25, -0.2) is 8.78 Å². The van der Waals surface area contributed by atoms with Gasteiger partial charge in [-0.2, -0.15) is 0 Å². The molecule has 1 heterocycles. The second kappa shape index (κ2) is 8.27. The van der Waals surface area contributed by atoms with Crippen molar-refractivity contribution in [1.29, 1.82) is 0 Å². The third-order valence-corrected chi connectivity index (χ3v) is 6.20. The van der Waals surface area contributed by atoms with Gasteiger partial charge in [0.25, 0.3) is 0 Å². The molecule has 4 rings (SSSR count). The number of halogens is 2. The van der Waals surface area contributed by atoms with Crippen LogP contribution in [-0.4, -0.2) is 10.9 Å². The van der Waals surface area contributed by atoms with Crippen LogP contribution in [0.3, 0.4) is 0 Å². The summed E-state index contributed by atoms with van der Waals surface area (Å²) in [6, 6.07) is 12.9. The molecule has 1 aromatic heterocycles. The molecule has 29 heavy (non-hydrogen) atoms. The predicted molar refractivity (Wildman–Crippen MR) is 111 cm³/mol. The van der Waals surface area contributed by atoms with E-state index in [1.54, 1.807) is 36.5 Å². The zero-order chi connectivity index (χ0) is 20.4. The van der Waals surface area contributed by atoms with E-state index in [9.17, 15) is 13.6 Å². The van der Waals surface area contributed by atoms with Gasteiger partial charge in [0.15, 0.2) is 0 Å². The van der Waals surface area contributed by atoms with E-state index in [2.05, 4.69) is 10.3 Å². The van der Waals surface area contributed by atoms with E-state index in [4.69, 9.17) is 0 Å². The predicted octanol–water partition coefficient (Wildman–Crippen LogP) is 6.06. The van der Waals surface area contributed by atoms with E-state index in [1.165, 1.54) is 12.1 Å². The minimum absolute atomic E-state index is 0.144. The number of carbonyl (C=O) groups excluding carboxylic acids is 1. The first kappa shape index (κ1) is 19.5. The van der Waals surface area contributed by atoms with E-state index in [0.29, 0.717) is 5.92 Å². The largest absolute Gasteiger partial charge is 0.323 e. The van der Waals surface area contributed by atoms with Gasteiger partial charge in [0.1, 0.15) is 11.6 Å². The van der Waals surface area contributed by atoms with Crippen molar-refractivity contribution in [3.63, 3.8) is 0 Å². The molecule has 1 saturated carbocycles. The van der Waals surface area contributed by atoms with Crippen molar-refractivity contribution in [3.8, 4) is 0 Å². The summed E-state index contributed by atoms with van der Waals surface area (Å²) in [6.45, 7) is 1.92. The number of aromatic nitrogens is 1. The third kappa shape index (κ3) is 4.14. The number of para-hydroxylation sites is 1. The standard InChI is InChI=1S/C24H24F2N2O/c1-15(24(29)28-23-5-3-2-4-21(23)26)16-6-8-17(9-7-16)19-12-13-27-22-11-10-18(25)14-20(19)22/h2-5,10-17H,6-9H2,1H3,(H,28,29)/t15-,16?,17?/m1/s1. The molecule has 5 heteroatoms. The van der Waals surface area contributed by atoms with Gasteiger partial charge >= 0.3 is 0 Å². The lowest BCUT2D eigenvalue weighted by Gasteiger charge is -2.32. The van der Waals surface area contributed by atoms with E-state index < -0.39 is 5.82 Å². The Balaban J connectivity index is 1.42. The molecule has 0 aliphatic heterocycles. The van der Waals surface area contributed by atoms with Crippen LogP contribution in [0.15, 0.2) is 54.7 Å². The van der Waals surface area contributed by atoms with E-state index in [-0.39, 0.29) is 29.2 Å². The third-order valence-electron chi connectivity index (χ3n) is 6.20. The summed E-state index contributed by atoms with van der Waals surface area (Å²) in [4.78, 5) is 16.9. The number of hydrogen-bond donors (Lipinski definition) is 1. The fourth-order valence-corrected chi connectivity index (χ4v) is 4.45. The lowest BCUT2D eigenvalue weighted by Crippen LogP contribution is -2.30. The molecule has 2 aromatic carbocycles. The molecule has 0 saturated heterocycles. The number of carbonyl (C=O) groups is 1. The molecule has 1 N–H and O–H groups in total. The lowest BCUT2D eigenvalue weighted by atomic mass is 9.73. The van der Waals surface area contributed by atoms with Gasteiger partial charge in [-0.1, -0.05) is 19.1 Å². The van der Waals surface area contributed by atoms with Gasteiger partial charge < -0.3 is 5.32 Å². The number of pyridine rings is 1. The minimum atomic E-state index is -0.423. The van der Waals surface area contributed by atoms with Gasteiger partial charge in [-0.3, -0.25) is 9.78 Å². The zero-order valence-corrected chi connectivity index (χ0v) is 16.4. The topological polar surface area (TPSA) is 42.0 Å². The second-order valence-corrected chi connectivity index (χ2v) is 7.93. The number of hydrogen-bond acceptors (Lipinski definition) is 2. The van der Waals surface area contributed by atoms with Crippen molar-refractivity contribution in [1.82, 2.24) is 4.98 Å². The number of nitrogens with one attached hydrogen (secondary N) is 1. The average Bonchev–Trinajstić information content (AvgIpc) is 2.74. The molecular weight excluding hydrogens is 370 g/mol. The van der Waals surface area contributed by atoms with Crippen LogP contribution >= 0.6 is 0 Å². The zero-order valence-electron chi connectivity index (χ0n) is 16.4. The normalized spacial score (nSPS) is 20.4. The maximum atomic E-state index is 13.8.